The van der Waals surface area contributed by atoms with Crippen molar-refractivity contribution in [2.45, 2.75) is 0 Å². The second-order valence-electron chi connectivity index (χ2n) is 7.72. The zero-order valence-corrected chi connectivity index (χ0v) is 23.2. The number of rotatable bonds is 6. The van der Waals surface area contributed by atoms with Crippen LogP contribution in [0.5, 0.6) is 0 Å². The van der Waals surface area contributed by atoms with E-state index in [1.54, 1.807) is 12.1 Å². The third-order valence-corrected chi connectivity index (χ3v) is 6.69. The summed E-state index contributed by atoms with van der Waals surface area (Å²) in [5.74, 6) is 0. The predicted octanol–water partition coefficient (Wildman–Crippen LogP) is 5.01. The quantitative estimate of drug-likeness (QED) is 0.159. The van der Waals surface area contributed by atoms with Crippen LogP contribution in [0.15, 0.2) is 117 Å². The zero-order chi connectivity index (χ0) is 26.9. The molecule has 5 aromatic rings. The second kappa shape index (κ2) is 14.0. The number of amides is 2. The fourth-order valence-corrected chi connectivity index (χ4v) is 4.83. The summed E-state index contributed by atoms with van der Waals surface area (Å²) in [6.45, 7) is 0. The lowest BCUT2D eigenvalue weighted by molar-refractivity contribution is 0.252. The van der Waals surface area contributed by atoms with Crippen LogP contribution in [0.4, 0.5) is 10.5 Å². The number of carbonyl (C=O) groups is 1. The topological polar surface area (TPSA) is 143 Å². The van der Waals surface area contributed by atoms with Crippen molar-refractivity contribution < 1.29 is 15.4 Å². The number of hydrogen-bond acceptors (Lipinski definition) is 5. The molecule has 3 aromatic carbocycles. The van der Waals surface area contributed by atoms with Gasteiger partial charge in [-0.1, -0.05) is 70.5 Å². The monoisotopic (exact) mass is 607 g/mol. The zero-order valence-electron chi connectivity index (χ0n) is 20.8. The molecule has 5 rings (SSSR count). The van der Waals surface area contributed by atoms with Gasteiger partial charge in [-0.15, -0.1) is 11.3 Å². The summed E-state index contributed by atoms with van der Waals surface area (Å²) in [5, 5.41) is 19.4. The van der Waals surface area contributed by atoms with Crippen LogP contribution in [-0.2, 0) is 0 Å². The number of hydrazone groups is 1. The number of halogens is 1. The summed E-state index contributed by atoms with van der Waals surface area (Å²) < 4.78 is 2.31. The number of para-hydroxylation sites is 2. The first-order chi connectivity index (χ1) is 18.6. The molecule has 0 aliphatic rings. The van der Waals surface area contributed by atoms with E-state index in [-0.39, 0.29) is 11.0 Å². The molecule has 39 heavy (non-hydrogen) atoms. The van der Waals surface area contributed by atoms with E-state index in [2.05, 4.69) is 36.9 Å². The lowest BCUT2D eigenvalue weighted by atomic mass is 10.0. The highest BCUT2D eigenvalue weighted by Crippen LogP contribution is 2.28. The van der Waals surface area contributed by atoms with E-state index in [0.717, 1.165) is 16.5 Å². The molecule has 0 aliphatic heterocycles. The summed E-state index contributed by atoms with van der Waals surface area (Å²) in [7, 11) is 1.00. The Hall–Kier alpha value is -4.29. The SMILES string of the molecule is CO.O.O=C(N/N=C(/c1cccc(Br)c1)c1c(-c2cccs2)[nH]n(-c2ccccc2)c1=O)Nc1ccccc1. The van der Waals surface area contributed by atoms with Crippen molar-refractivity contribution in [3.05, 3.63) is 128 Å². The number of carbonyl (C=O) groups excluding carboxylic acids is 1. The summed E-state index contributed by atoms with van der Waals surface area (Å²) in [6, 6.07) is 29.2. The molecule has 2 amide bonds. The van der Waals surface area contributed by atoms with Gasteiger partial charge in [0.15, 0.2) is 0 Å². The number of H-pyrrole nitrogens is 1. The molecular weight excluding hydrogens is 582 g/mol. The lowest BCUT2D eigenvalue weighted by Crippen LogP contribution is -2.28. The van der Waals surface area contributed by atoms with E-state index < -0.39 is 6.03 Å². The number of aliphatic hydroxyl groups is 1. The van der Waals surface area contributed by atoms with Gasteiger partial charge in [-0.05, 0) is 47.8 Å². The predicted molar refractivity (Wildman–Crippen MR) is 160 cm³/mol. The van der Waals surface area contributed by atoms with E-state index in [0.29, 0.717) is 33.9 Å². The largest absolute Gasteiger partial charge is 0.412 e. The number of aromatic amines is 1. The molecule has 0 radical (unpaired) electrons. The van der Waals surface area contributed by atoms with Gasteiger partial charge in [0.05, 0.1) is 21.8 Å². The van der Waals surface area contributed by atoms with Crippen LogP contribution >= 0.6 is 27.3 Å². The van der Waals surface area contributed by atoms with Crippen LogP contribution in [0.3, 0.4) is 0 Å². The number of anilines is 1. The van der Waals surface area contributed by atoms with Crippen molar-refractivity contribution in [3.8, 4) is 16.3 Å². The van der Waals surface area contributed by atoms with Gasteiger partial charge in [0.1, 0.15) is 5.71 Å². The maximum atomic E-state index is 13.8. The Morgan fingerprint density at radius 3 is 2.28 bits per heavy atom. The van der Waals surface area contributed by atoms with E-state index in [1.165, 1.54) is 16.0 Å². The van der Waals surface area contributed by atoms with Gasteiger partial charge in [-0.3, -0.25) is 9.89 Å². The molecule has 11 heteroatoms. The highest BCUT2D eigenvalue weighted by Gasteiger charge is 2.24. The molecule has 0 spiro atoms. The fourth-order valence-electron chi connectivity index (χ4n) is 3.70. The third kappa shape index (κ3) is 6.98. The molecule has 0 aliphatic carbocycles. The second-order valence-corrected chi connectivity index (χ2v) is 9.58. The number of nitrogens with one attached hydrogen (secondary N) is 3. The normalized spacial score (nSPS) is 10.6. The van der Waals surface area contributed by atoms with Gasteiger partial charge in [0, 0.05) is 22.8 Å². The van der Waals surface area contributed by atoms with E-state index in [1.807, 2.05) is 90.3 Å². The Morgan fingerprint density at radius 2 is 1.64 bits per heavy atom. The highest BCUT2D eigenvalue weighted by atomic mass is 79.9. The van der Waals surface area contributed by atoms with Crippen LogP contribution in [0.25, 0.3) is 16.3 Å². The Morgan fingerprint density at radius 1 is 0.949 bits per heavy atom. The minimum Gasteiger partial charge on any atom is -0.412 e. The minimum absolute atomic E-state index is 0. The van der Waals surface area contributed by atoms with Crippen LogP contribution in [0.2, 0.25) is 0 Å². The van der Waals surface area contributed by atoms with Crippen molar-refractivity contribution >= 4 is 44.7 Å². The molecule has 0 saturated heterocycles. The first kappa shape index (κ1) is 29.3. The smallest absolute Gasteiger partial charge is 0.339 e. The number of urea groups is 1. The number of hydrogen-bond donors (Lipinski definition) is 4. The standard InChI is InChI=1S/C27H20BrN5O2S.CH4O.H2O/c28-19-10-7-9-18(17-19)24(30-31-27(35)29-20-11-3-1-4-12-20)23-25(22-15-8-16-36-22)32-33(26(23)34)21-13-5-2-6-14-21;1-2;/h1-17,32H,(H2,29,31,35);2H,1H3;1H2/b30-24-;;. The van der Waals surface area contributed by atoms with Gasteiger partial charge in [0.2, 0.25) is 0 Å². The molecule has 0 atom stereocenters. The number of nitrogens with zero attached hydrogens (tertiary/aromatic N) is 2. The molecule has 6 N–H and O–H groups in total. The number of benzene rings is 3. The Labute approximate surface area is 236 Å². The molecule has 9 nitrogen and oxygen atoms in total. The van der Waals surface area contributed by atoms with Crippen molar-refractivity contribution in [3.63, 3.8) is 0 Å². The van der Waals surface area contributed by atoms with Gasteiger partial charge in [0.25, 0.3) is 5.56 Å². The number of thiophene rings is 1. The van der Waals surface area contributed by atoms with Crippen molar-refractivity contribution in [2.24, 2.45) is 5.10 Å². The van der Waals surface area contributed by atoms with Crippen LogP contribution < -0.4 is 16.3 Å². The molecular formula is C28H26BrN5O4S. The van der Waals surface area contributed by atoms with Crippen molar-refractivity contribution in [1.29, 1.82) is 0 Å². The maximum Gasteiger partial charge on any atom is 0.339 e. The average molecular weight is 609 g/mol. The third-order valence-electron chi connectivity index (χ3n) is 5.31. The molecule has 0 fully saturated rings. The molecule has 0 unspecified atom stereocenters. The summed E-state index contributed by atoms with van der Waals surface area (Å²) in [5.41, 5.74) is 5.55. The van der Waals surface area contributed by atoms with Gasteiger partial charge < -0.3 is 15.9 Å². The van der Waals surface area contributed by atoms with E-state index in [9.17, 15) is 9.59 Å². The van der Waals surface area contributed by atoms with Crippen LogP contribution in [-0.4, -0.2) is 39.2 Å². The van der Waals surface area contributed by atoms with Crippen molar-refractivity contribution in [1.82, 2.24) is 15.2 Å². The summed E-state index contributed by atoms with van der Waals surface area (Å²) in [4.78, 5) is 27.3. The molecule has 2 heterocycles. The molecule has 200 valence electrons. The first-order valence-corrected chi connectivity index (χ1v) is 13.1. The molecule has 0 saturated carbocycles. The van der Waals surface area contributed by atoms with E-state index >= 15 is 0 Å². The maximum absolute atomic E-state index is 13.8. The number of aliphatic hydroxyl groups excluding tert-OH is 1. The lowest BCUT2D eigenvalue weighted by Gasteiger charge is -2.09. The average Bonchev–Trinajstić information content (AvgIpc) is 3.60. The molecule has 2 aromatic heterocycles. The van der Waals surface area contributed by atoms with Crippen LogP contribution in [0, 0.1) is 0 Å². The fraction of sp³-hybridized carbons (Fsp3) is 0.0357. The Kier molecular flexibility index (Phi) is 10.5. The van der Waals surface area contributed by atoms with Crippen LogP contribution in [0.1, 0.15) is 11.1 Å². The van der Waals surface area contributed by atoms with Crippen molar-refractivity contribution in [2.75, 3.05) is 12.4 Å². The number of aromatic nitrogens is 2. The van der Waals surface area contributed by atoms with Gasteiger partial charge in [-0.2, -0.15) is 5.10 Å². The van der Waals surface area contributed by atoms with Gasteiger partial charge in [-0.25, -0.2) is 14.9 Å². The Bertz CT molecular complexity index is 1580. The molecule has 0 bridgehead atoms. The summed E-state index contributed by atoms with van der Waals surface area (Å²) >= 11 is 5.00. The Balaban J connectivity index is 0.00000137. The minimum atomic E-state index is -0.523. The summed E-state index contributed by atoms with van der Waals surface area (Å²) in [6.07, 6.45) is 0. The first-order valence-electron chi connectivity index (χ1n) is 11.5. The highest BCUT2D eigenvalue weighted by molar-refractivity contribution is 9.10. The van der Waals surface area contributed by atoms with E-state index in [4.69, 9.17) is 5.11 Å². The van der Waals surface area contributed by atoms with Gasteiger partial charge >= 0.3 is 6.03 Å².